The summed E-state index contributed by atoms with van der Waals surface area (Å²) in [7, 11) is 3.98. The van der Waals surface area contributed by atoms with Crippen molar-refractivity contribution < 1.29 is 9.88 Å². The fourth-order valence-electron chi connectivity index (χ4n) is 5.28. The third kappa shape index (κ3) is 12.2. The summed E-state index contributed by atoms with van der Waals surface area (Å²) in [4.78, 5) is 4.95. The summed E-state index contributed by atoms with van der Waals surface area (Å²) >= 11 is 0. The van der Waals surface area contributed by atoms with Crippen LogP contribution in [0.15, 0.2) is 103 Å². The molecule has 4 nitrogen and oxygen atoms in total. The van der Waals surface area contributed by atoms with E-state index in [0.29, 0.717) is 0 Å². The van der Waals surface area contributed by atoms with Gasteiger partial charge in [0.15, 0.2) is 12.4 Å². The van der Waals surface area contributed by atoms with Gasteiger partial charge in [0.2, 0.25) is 0 Å². The molecule has 1 heterocycles. The van der Waals surface area contributed by atoms with Crippen molar-refractivity contribution in [3.63, 3.8) is 0 Å². The quantitative estimate of drug-likeness (QED) is 0.0604. The first kappa shape index (κ1) is 37.3. The molecule has 0 unspecified atom stereocenters. The molecule has 0 aliphatic heterocycles. The lowest BCUT2D eigenvalue weighted by atomic mass is 10.0. The van der Waals surface area contributed by atoms with Gasteiger partial charge < -0.3 is 15.1 Å². The zero-order valence-electron chi connectivity index (χ0n) is 29.2. The predicted molar refractivity (Wildman–Crippen MR) is 208 cm³/mol. The van der Waals surface area contributed by atoms with Crippen LogP contribution in [0.3, 0.4) is 0 Å². The standard InChI is InChI=1S/C40H55N4S2/c1-8-37(21-24-41-9-2)33(6)31-35-13-17-39(18-14-35)43(11-4)27-29-45-46-30-28-44(12-5)40-19-15-36(16-20-40)32-34(7)38-22-25-42(10-3)26-23-38/h8,13-26,31-32,41H,9-12,27-30H2,1-7H3/q+1/p+1/b24-21-,33-31+,37-8+. The van der Waals surface area contributed by atoms with Crippen LogP contribution in [0.2, 0.25) is 0 Å². The fourth-order valence-corrected chi connectivity index (χ4v) is 7.26. The van der Waals surface area contributed by atoms with E-state index in [-0.39, 0.29) is 0 Å². The molecule has 0 aliphatic rings. The van der Waals surface area contributed by atoms with Gasteiger partial charge in [-0.1, -0.05) is 64.1 Å². The van der Waals surface area contributed by atoms with Gasteiger partial charge in [0.25, 0.3) is 0 Å². The third-order valence-corrected chi connectivity index (χ3v) is 10.5. The van der Waals surface area contributed by atoms with Crippen LogP contribution in [0.1, 0.15) is 65.2 Å². The molecule has 0 radical (unpaired) electrons. The number of anilines is 2. The molecule has 0 aliphatic carbocycles. The Morgan fingerprint density at radius 2 is 1.26 bits per heavy atom. The molecule has 0 bridgehead atoms. The summed E-state index contributed by atoms with van der Waals surface area (Å²) < 4.78 is 2.19. The Morgan fingerprint density at radius 3 is 1.72 bits per heavy atom. The first-order chi connectivity index (χ1) is 22.4. The van der Waals surface area contributed by atoms with E-state index in [1.165, 1.54) is 44.8 Å². The van der Waals surface area contributed by atoms with E-state index in [1.807, 2.05) is 21.6 Å². The molecule has 2 N–H and O–H groups in total. The Hall–Kier alpha value is -3.19. The highest BCUT2D eigenvalue weighted by molar-refractivity contribution is 8.76. The monoisotopic (exact) mass is 656 g/mol. The third-order valence-electron chi connectivity index (χ3n) is 8.14. The molecule has 3 rings (SSSR count). The minimum atomic E-state index is 0.996. The molecule has 46 heavy (non-hydrogen) atoms. The first-order valence-electron chi connectivity index (χ1n) is 16.9. The Balaban J connectivity index is 1.43. The number of aryl methyl sites for hydroxylation is 1. The number of aromatic nitrogens is 1. The van der Waals surface area contributed by atoms with Crippen LogP contribution >= 0.6 is 21.6 Å². The van der Waals surface area contributed by atoms with Gasteiger partial charge in [-0.3, -0.25) is 0 Å². The van der Waals surface area contributed by atoms with Crippen molar-refractivity contribution in [1.29, 1.82) is 0 Å². The summed E-state index contributed by atoms with van der Waals surface area (Å²) in [5.41, 5.74) is 10.2. The van der Waals surface area contributed by atoms with Crippen molar-refractivity contribution in [2.24, 2.45) is 0 Å². The van der Waals surface area contributed by atoms with Gasteiger partial charge in [0.05, 0.1) is 12.7 Å². The SMILES string of the molecule is C/C=C(\C=C/[NH2+]CC)C(/C)=C/c1ccc(N(CC)CCSSCCN(CC)c2ccc(/C=C(\C)c3cc[n+](CC)cc3)cc2)cc1. The van der Waals surface area contributed by atoms with Crippen molar-refractivity contribution in [1.82, 2.24) is 0 Å². The number of hydrogen-bond donors (Lipinski definition) is 1. The number of quaternary nitrogens is 1. The van der Waals surface area contributed by atoms with E-state index in [4.69, 9.17) is 0 Å². The second-order valence-electron chi connectivity index (χ2n) is 11.3. The smallest absolute Gasteiger partial charge is 0.169 e. The highest BCUT2D eigenvalue weighted by Crippen LogP contribution is 2.25. The summed E-state index contributed by atoms with van der Waals surface area (Å²) in [6.07, 6.45) is 15.4. The van der Waals surface area contributed by atoms with Crippen LogP contribution in [0.5, 0.6) is 0 Å². The van der Waals surface area contributed by atoms with Gasteiger partial charge in [0, 0.05) is 61.2 Å². The molecule has 0 spiro atoms. The molecule has 0 atom stereocenters. The molecule has 0 saturated heterocycles. The normalized spacial score (nSPS) is 12.6. The minimum absolute atomic E-state index is 0.996. The van der Waals surface area contributed by atoms with Crippen LogP contribution < -0.4 is 19.7 Å². The summed E-state index contributed by atoms with van der Waals surface area (Å²) in [6, 6.07) is 22.4. The van der Waals surface area contributed by atoms with Gasteiger partial charge in [-0.25, -0.2) is 4.57 Å². The maximum absolute atomic E-state index is 2.48. The van der Waals surface area contributed by atoms with Crippen LogP contribution in [-0.2, 0) is 6.54 Å². The lowest BCUT2D eigenvalue weighted by Crippen LogP contribution is -2.77. The lowest BCUT2D eigenvalue weighted by molar-refractivity contribution is -0.693. The van der Waals surface area contributed by atoms with Crippen molar-refractivity contribution >= 4 is 50.7 Å². The van der Waals surface area contributed by atoms with E-state index in [9.17, 15) is 0 Å². The first-order valence-corrected chi connectivity index (χ1v) is 19.4. The highest BCUT2D eigenvalue weighted by atomic mass is 33.1. The van der Waals surface area contributed by atoms with E-state index in [2.05, 4.69) is 172 Å². The number of nitrogens with two attached hydrogens (primary N) is 1. The maximum Gasteiger partial charge on any atom is 0.169 e. The zero-order chi connectivity index (χ0) is 33.1. The molecule has 0 amide bonds. The highest BCUT2D eigenvalue weighted by Gasteiger charge is 2.08. The van der Waals surface area contributed by atoms with Crippen molar-refractivity contribution in [3.8, 4) is 0 Å². The largest absolute Gasteiger partial charge is 0.371 e. The fraction of sp³-hybridized carbons (Fsp3) is 0.375. The predicted octanol–water partition coefficient (Wildman–Crippen LogP) is 8.74. The molecule has 1 aromatic heterocycles. The van der Waals surface area contributed by atoms with Gasteiger partial charge >= 0.3 is 0 Å². The number of allylic oxidation sites excluding steroid dienone is 5. The molecule has 2 aromatic carbocycles. The maximum atomic E-state index is 2.48. The van der Waals surface area contributed by atoms with Gasteiger partial charge in [-0.2, -0.15) is 0 Å². The molecular weight excluding hydrogens is 601 g/mol. The average molecular weight is 657 g/mol. The Bertz CT molecular complexity index is 1420. The second kappa shape index (κ2) is 20.8. The topological polar surface area (TPSA) is 27.0 Å². The Morgan fingerprint density at radius 1 is 0.739 bits per heavy atom. The van der Waals surface area contributed by atoms with Gasteiger partial charge in [-0.15, -0.1) is 0 Å². The average Bonchev–Trinajstić information content (AvgIpc) is 3.09. The van der Waals surface area contributed by atoms with Crippen molar-refractivity contribution in [2.45, 2.75) is 55.0 Å². The zero-order valence-corrected chi connectivity index (χ0v) is 30.8. The van der Waals surface area contributed by atoms with Gasteiger partial charge in [-0.05, 0) is 112 Å². The van der Waals surface area contributed by atoms with E-state index < -0.39 is 0 Å². The molecule has 3 aromatic rings. The molecule has 0 saturated carbocycles. The summed E-state index contributed by atoms with van der Waals surface area (Å²) in [5, 5.41) is 2.19. The van der Waals surface area contributed by atoms with Crippen molar-refractivity contribution in [2.75, 3.05) is 54.0 Å². The Kier molecular flexibility index (Phi) is 16.9. The summed E-state index contributed by atoms with van der Waals surface area (Å²) in [5.74, 6) is 2.22. The van der Waals surface area contributed by atoms with Crippen LogP contribution in [0.4, 0.5) is 11.4 Å². The van der Waals surface area contributed by atoms with E-state index in [1.54, 1.807) is 0 Å². The number of benzene rings is 2. The number of nitrogens with zero attached hydrogens (tertiary/aromatic N) is 3. The molecule has 246 valence electrons. The minimum Gasteiger partial charge on any atom is -0.371 e. The number of hydrogen-bond acceptors (Lipinski definition) is 4. The van der Waals surface area contributed by atoms with Gasteiger partial charge in [0.1, 0.15) is 6.54 Å². The second-order valence-corrected chi connectivity index (χ2v) is 14.0. The van der Waals surface area contributed by atoms with Crippen LogP contribution in [0.25, 0.3) is 17.7 Å². The lowest BCUT2D eigenvalue weighted by Gasteiger charge is -2.24. The molecular formula is C40H56N4S2+2. The number of rotatable bonds is 19. The molecule has 6 heteroatoms. The summed E-state index contributed by atoms with van der Waals surface area (Å²) in [6.45, 7) is 21.5. The number of pyridine rings is 1. The van der Waals surface area contributed by atoms with E-state index >= 15 is 0 Å². The molecule has 0 fully saturated rings. The van der Waals surface area contributed by atoms with E-state index in [0.717, 1.165) is 50.8 Å². The Labute approximate surface area is 287 Å². The van der Waals surface area contributed by atoms with Crippen LogP contribution in [-0.4, -0.2) is 44.2 Å². The van der Waals surface area contributed by atoms with Crippen LogP contribution in [0, 0.1) is 0 Å². The van der Waals surface area contributed by atoms with Crippen molar-refractivity contribution in [3.05, 3.63) is 119 Å².